The van der Waals surface area contributed by atoms with Crippen molar-refractivity contribution in [3.63, 3.8) is 0 Å². The zero-order valence-corrected chi connectivity index (χ0v) is 12.3. The Kier molecular flexibility index (Phi) is 2.95. The largest absolute Gasteiger partial charge is 0.478 e. The highest BCUT2D eigenvalue weighted by Gasteiger charge is 2.48. The summed E-state index contributed by atoms with van der Waals surface area (Å²) in [6, 6.07) is 4.17. The van der Waals surface area contributed by atoms with Crippen LogP contribution in [0.25, 0.3) is 0 Å². The first kappa shape index (κ1) is 13.1. The molecule has 102 valence electrons. The first-order chi connectivity index (χ1) is 8.88. The highest BCUT2D eigenvalue weighted by atomic mass is 79.9. The van der Waals surface area contributed by atoms with Crippen LogP contribution >= 0.6 is 15.9 Å². The van der Waals surface area contributed by atoms with Crippen molar-refractivity contribution in [1.82, 2.24) is 4.31 Å². The molecule has 0 amide bonds. The second kappa shape index (κ2) is 4.29. The van der Waals surface area contributed by atoms with Crippen molar-refractivity contribution >= 4 is 31.9 Å². The second-order valence-corrected chi connectivity index (χ2v) is 7.85. The number of halogens is 1. The summed E-state index contributed by atoms with van der Waals surface area (Å²) in [5.41, 5.74) is -0.0282. The van der Waals surface area contributed by atoms with Gasteiger partial charge in [-0.3, -0.25) is 0 Å². The lowest BCUT2D eigenvalue weighted by molar-refractivity contribution is 0.0696. The molecule has 2 heterocycles. The highest BCUT2D eigenvalue weighted by Crippen LogP contribution is 2.43. The average molecular weight is 346 g/mol. The van der Waals surface area contributed by atoms with Gasteiger partial charge in [0.25, 0.3) is 0 Å². The van der Waals surface area contributed by atoms with Crippen LogP contribution in [0.2, 0.25) is 0 Å². The fourth-order valence-electron chi connectivity index (χ4n) is 2.75. The molecule has 0 unspecified atom stereocenters. The van der Waals surface area contributed by atoms with Crippen LogP contribution < -0.4 is 0 Å². The van der Waals surface area contributed by atoms with Gasteiger partial charge in [-0.25, -0.2) is 13.2 Å². The molecule has 2 bridgehead atoms. The molecular formula is C12H12BrNO4S. The molecule has 2 aliphatic heterocycles. The summed E-state index contributed by atoms with van der Waals surface area (Å²) in [6.45, 7) is 0.557. The molecule has 4 rings (SSSR count). The van der Waals surface area contributed by atoms with Crippen molar-refractivity contribution in [3.05, 3.63) is 28.2 Å². The van der Waals surface area contributed by atoms with Crippen LogP contribution in [0.15, 0.2) is 27.6 Å². The summed E-state index contributed by atoms with van der Waals surface area (Å²) in [5.74, 6) is -0.658. The van der Waals surface area contributed by atoms with Crippen LogP contribution in [0.1, 0.15) is 23.2 Å². The third-order valence-corrected chi connectivity index (χ3v) is 6.14. The number of hydrogen-bond acceptors (Lipinski definition) is 3. The number of rotatable bonds is 3. The van der Waals surface area contributed by atoms with E-state index in [-0.39, 0.29) is 16.5 Å². The Morgan fingerprint density at radius 1 is 1.32 bits per heavy atom. The standard InChI is InChI=1S/C12H12BrNO4S/c13-9-3-8(12(15)16)4-11(5-9)19(17,18)14-6-7-1-10(14)2-7/h3-5,7,10H,1-2,6H2,(H,15,16). The van der Waals surface area contributed by atoms with E-state index in [9.17, 15) is 13.2 Å². The first-order valence-corrected chi connectivity index (χ1v) is 8.17. The van der Waals surface area contributed by atoms with Crippen LogP contribution in [0.3, 0.4) is 0 Å². The Hall–Kier alpha value is -0.920. The van der Waals surface area contributed by atoms with Gasteiger partial charge in [0.1, 0.15) is 0 Å². The zero-order chi connectivity index (χ0) is 13.8. The third kappa shape index (κ3) is 2.09. The van der Waals surface area contributed by atoms with E-state index in [4.69, 9.17) is 5.11 Å². The Bertz CT molecular complexity index is 652. The van der Waals surface area contributed by atoms with E-state index in [1.54, 1.807) is 0 Å². The molecule has 0 atom stereocenters. The van der Waals surface area contributed by atoms with Crippen molar-refractivity contribution in [2.45, 2.75) is 23.8 Å². The lowest BCUT2D eigenvalue weighted by Crippen LogP contribution is -2.34. The lowest BCUT2D eigenvalue weighted by atomic mass is 9.87. The summed E-state index contributed by atoms with van der Waals surface area (Å²) < 4.78 is 27.0. The summed E-state index contributed by atoms with van der Waals surface area (Å²) in [5, 5.41) is 9.00. The molecule has 1 aliphatic carbocycles. The predicted molar refractivity (Wildman–Crippen MR) is 71.5 cm³/mol. The molecule has 5 nitrogen and oxygen atoms in total. The molecule has 2 saturated heterocycles. The Balaban J connectivity index is 2.03. The number of sulfonamides is 1. The molecule has 19 heavy (non-hydrogen) atoms. The fourth-order valence-corrected chi connectivity index (χ4v) is 5.19. The molecule has 3 aliphatic rings. The van der Waals surface area contributed by atoms with Crippen LogP contribution in [-0.2, 0) is 10.0 Å². The van der Waals surface area contributed by atoms with Gasteiger partial charge >= 0.3 is 5.97 Å². The Morgan fingerprint density at radius 2 is 2.00 bits per heavy atom. The van der Waals surface area contributed by atoms with Gasteiger partial charge in [0, 0.05) is 17.1 Å². The van der Waals surface area contributed by atoms with E-state index < -0.39 is 16.0 Å². The summed E-state index contributed by atoms with van der Waals surface area (Å²) >= 11 is 3.16. The maximum atomic E-state index is 12.5. The molecule has 3 fully saturated rings. The molecule has 0 radical (unpaired) electrons. The Morgan fingerprint density at radius 3 is 2.53 bits per heavy atom. The fraction of sp³-hybridized carbons (Fsp3) is 0.417. The van der Waals surface area contributed by atoms with Gasteiger partial charge < -0.3 is 5.11 Å². The number of benzene rings is 1. The number of hydrogen-bond donors (Lipinski definition) is 1. The van der Waals surface area contributed by atoms with Gasteiger partial charge in [0.2, 0.25) is 10.0 Å². The van der Waals surface area contributed by atoms with E-state index in [2.05, 4.69) is 15.9 Å². The van der Waals surface area contributed by atoms with Gasteiger partial charge in [0.05, 0.1) is 10.5 Å². The normalized spacial score (nSPS) is 26.2. The van der Waals surface area contributed by atoms with Gasteiger partial charge in [-0.1, -0.05) is 15.9 Å². The van der Waals surface area contributed by atoms with E-state index >= 15 is 0 Å². The second-order valence-electron chi connectivity index (χ2n) is 5.05. The minimum Gasteiger partial charge on any atom is -0.478 e. The maximum Gasteiger partial charge on any atom is 0.335 e. The first-order valence-electron chi connectivity index (χ1n) is 5.93. The molecule has 1 aromatic rings. The monoisotopic (exact) mass is 345 g/mol. The molecular weight excluding hydrogens is 334 g/mol. The van der Waals surface area contributed by atoms with Gasteiger partial charge in [-0.15, -0.1) is 0 Å². The van der Waals surface area contributed by atoms with Crippen molar-refractivity contribution in [1.29, 1.82) is 0 Å². The number of aromatic carboxylic acids is 1. The minimum absolute atomic E-state index is 0.0282. The van der Waals surface area contributed by atoms with Crippen LogP contribution in [0.5, 0.6) is 0 Å². The van der Waals surface area contributed by atoms with Crippen molar-refractivity contribution in [2.24, 2.45) is 5.92 Å². The number of nitrogens with zero attached hydrogens (tertiary/aromatic N) is 1. The lowest BCUT2D eigenvalue weighted by Gasteiger charge is -2.25. The van der Waals surface area contributed by atoms with Gasteiger partial charge in [0.15, 0.2) is 0 Å². The van der Waals surface area contributed by atoms with E-state index in [1.807, 2.05) is 0 Å². The predicted octanol–water partition coefficient (Wildman–Crippen LogP) is 1.93. The molecule has 1 aromatic carbocycles. The van der Waals surface area contributed by atoms with Crippen molar-refractivity contribution in [2.75, 3.05) is 6.54 Å². The van der Waals surface area contributed by atoms with E-state index in [1.165, 1.54) is 22.5 Å². The zero-order valence-electron chi connectivity index (χ0n) is 9.91. The van der Waals surface area contributed by atoms with Crippen molar-refractivity contribution < 1.29 is 18.3 Å². The molecule has 0 aromatic heterocycles. The summed E-state index contributed by atoms with van der Waals surface area (Å²) in [7, 11) is -3.58. The number of carboxylic acid groups (broad SMARTS) is 1. The quantitative estimate of drug-likeness (QED) is 0.908. The van der Waals surface area contributed by atoms with Gasteiger partial charge in [-0.2, -0.15) is 4.31 Å². The van der Waals surface area contributed by atoms with E-state index in [0.29, 0.717) is 16.9 Å². The molecule has 1 N–H and O–H groups in total. The minimum atomic E-state index is -3.58. The number of carbonyl (C=O) groups is 1. The average Bonchev–Trinajstić information content (AvgIpc) is 2.87. The van der Waals surface area contributed by atoms with Gasteiger partial charge in [-0.05, 0) is 37.0 Å². The van der Waals surface area contributed by atoms with Crippen molar-refractivity contribution in [3.8, 4) is 0 Å². The van der Waals surface area contributed by atoms with Crippen LogP contribution in [-0.4, -0.2) is 36.4 Å². The Labute approximate surface area is 119 Å². The number of carboxylic acids is 1. The molecule has 7 heteroatoms. The van der Waals surface area contributed by atoms with E-state index in [0.717, 1.165) is 12.8 Å². The third-order valence-electron chi connectivity index (χ3n) is 3.78. The van der Waals surface area contributed by atoms with Crippen LogP contribution in [0.4, 0.5) is 0 Å². The molecule has 0 spiro atoms. The SMILES string of the molecule is O=C(O)c1cc(Br)cc(S(=O)(=O)N2CC3CC2C3)c1. The highest BCUT2D eigenvalue weighted by molar-refractivity contribution is 9.10. The smallest absolute Gasteiger partial charge is 0.335 e. The summed E-state index contributed by atoms with van der Waals surface area (Å²) in [4.78, 5) is 11.0. The van der Waals surface area contributed by atoms with Crippen LogP contribution in [0, 0.1) is 5.92 Å². The maximum absolute atomic E-state index is 12.5. The topological polar surface area (TPSA) is 74.7 Å². The molecule has 1 saturated carbocycles. The number of fused-ring (bicyclic) bond motifs is 1. The summed E-state index contributed by atoms with van der Waals surface area (Å²) in [6.07, 6.45) is 1.86.